The Morgan fingerprint density at radius 2 is 1.61 bits per heavy atom. The molecule has 174 valence electrons. The maximum Gasteiger partial charge on any atom is 0.407 e. The molecule has 1 saturated carbocycles. The van der Waals surface area contributed by atoms with Gasteiger partial charge in [0.05, 0.1) is 5.54 Å². The molecule has 33 heavy (non-hydrogen) atoms. The monoisotopic (exact) mass is 450 g/mol. The van der Waals surface area contributed by atoms with Crippen molar-refractivity contribution in [3.05, 3.63) is 59.7 Å². The number of nitrogens with one attached hydrogen (secondary N) is 2. The van der Waals surface area contributed by atoms with Gasteiger partial charge in [0.25, 0.3) is 0 Å². The van der Waals surface area contributed by atoms with Gasteiger partial charge in [-0.25, -0.2) is 4.79 Å². The molecule has 2 aliphatic rings. The predicted molar refractivity (Wildman–Crippen MR) is 124 cm³/mol. The van der Waals surface area contributed by atoms with E-state index in [9.17, 15) is 14.4 Å². The summed E-state index contributed by atoms with van der Waals surface area (Å²) >= 11 is 0. The van der Waals surface area contributed by atoms with Crippen LogP contribution in [-0.4, -0.2) is 40.8 Å². The molecule has 0 aliphatic heterocycles. The standard InChI is InChI=1S/C26H30N2O5/c1-25(2,12-11-23(30)31)27-22(29)15-26(13-14-26)28-24(32)33-16-21-19-9-5-3-7-17(19)18-8-4-6-10-20(18)21/h3-10,21H,11-16H2,1-2H3,(H,27,29)(H,28,32)(H,30,31). The van der Waals surface area contributed by atoms with Crippen molar-refractivity contribution in [1.82, 2.24) is 10.6 Å². The molecular weight excluding hydrogens is 420 g/mol. The molecule has 7 heteroatoms. The van der Waals surface area contributed by atoms with E-state index < -0.39 is 23.1 Å². The molecule has 4 rings (SSSR count). The summed E-state index contributed by atoms with van der Waals surface area (Å²) < 4.78 is 5.62. The number of hydrogen-bond acceptors (Lipinski definition) is 4. The summed E-state index contributed by atoms with van der Waals surface area (Å²) in [6, 6.07) is 16.3. The second kappa shape index (κ2) is 8.89. The lowest BCUT2D eigenvalue weighted by Crippen LogP contribution is -2.47. The van der Waals surface area contributed by atoms with Gasteiger partial charge in [0.2, 0.25) is 5.91 Å². The average Bonchev–Trinajstić information content (AvgIpc) is 3.42. The van der Waals surface area contributed by atoms with Gasteiger partial charge in [0, 0.05) is 24.3 Å². The van der Waals surface area contributed by atoms with Gasteiger partial charge in [-0.15, -0.1) is 0 Å². The lowest BCUT2D eigenvalue weighted by atomic mass is 9.97. The van der Waals surface area contributed by atoms with Crippen LogP contribution in [0.2, 0.25) is 0 Å². The van der Waals surface area contributed by atoms with E-state index >= 15 is 0 Å². The van der Waals surface area contributed by atoms with Crippen LogP contribution in [0.15, 0.2) is 48.5 Å². The van der Waals surface area contributed by atoms with E-state index in [0.29, 0.717) is 19.3 Å². The number of carboxylic acid groups (broad SMARTS) is 1. The van der Waals surface area contributed by atoms with Crippen LogP contribution in [0.4, 0.5) is 4.79 Å². The van der Waals surface area contributed by atoms with Crippen LogP contribution in [0, 0.1) is 0 Å². The van der Waals surface area contributed by atoms with Gasteiger partial charge in [-0.3, -0.25) is 9.59 Å². The number of aliphatic carboxylic acids is 1. The molecule has 0 atom stereocenters. The van der Waals surface area contributed by atoms with Crippen molar-refractivity contribution in [2.45, 2.75) is 62.9 Å². The molecule has 2 aliphatic carbocycles. The Bertz CT molecular complexity index is 1030. The normalized spacial score (nSPS) is 15.8. The number of amides is 2. The zero-order valence-corrected chi connectivity index (χ0v) is 19.0. The zero-order valence-electron chi connectivity index (χ0n) is 19.0. The summed E-state index contributed by atoms with van der Waals surface area (Å²) in [5.41, 5.74) is 3.42. The summed E-state index contributed by atoms with van der Waals surface area (Å²) in [7, 11) is 0. The van der Waals surface area contributed by atoms with E-state index in [1.54, 1.807) is 13.8 Å². The minimum atomic E-state index is -0.895. The fourth-order valence-corrected chi connectivity index (χ4v) is 4.56. The van der Waals surface area contributed by atoms with Crippen LogP contribution in [0.3, 0.4) is 0 Å². The maximum atomic E-state index is 12.6. The third-order valence-electron chi connectivity index (χ3n) is 6.51. The number of benzene rings is 2. The van der Waals surface area contributed by atoms with Gasteiger partial charge in [0.1, 0.15) is 6.61 Å². The molecular formula is C26H30N2O5. The average molecular weight is 451 g/mol. The van der Waals surface area contributed by atoms with Crippen molar-refractivity contribution in [1.29, 1.82) is 0 Å². The van der Waals surface area contributed by atoms with E-state index in [1.807, 2.05) is 24.3 Å². The lowest BCUT2D eigenvalue weighted by molar-refractivity contribution is -0.137. The Labute approximate surface area is 193 Å². The van der Waals surface area contributed by atoms with Gasteiger partial charge in [0.15, 0.2) is 0 Å². The molecule has 2 aromatic rings. The Morgan fingerprint density at radius 1 is 1.03 bits per heavy atom. The predicted octanol–water partition coefficient (Wildman–Crippen LogP) is 4.21. The first-order chi connectivity index (χ1) is 15.7. The van der Waals surface area contributed by atoms with Crippen LogP contribution in [-0.2, 0) is 14.3 Å². The minimum Gasteiger partial charge on any atom is -0.481 e. The number of hydrogen-bond donors (Lipinski definition) is 3. The second-order valence-corrected chi connectivity index (χ2v) is 9.73. The van der Waals surface area contributed by atoms with Gasteiger partial charge >= 0.3 is 12.1 Å². The van der Waals surface area contributed by atoms with E-state index in [4.69, 9.17) is 9.84 Å². The smallest absolute Gasteiger partial charge is 0.407 e. The van der Waals surface area contributed by atoms with Crippen molar-refractivity contribution in [2.75, 3.05) is 6.61 Å². The summed E-state index contributed by atoms with van der Waals surface area (Å²) in [6.45, 7) is 3.82. The van der Waals surface area contributed by atoms with Gasteiger partial charge in [-0.1, -0.05) is 48.5 Å². The number of alkyl carbamates (subject to hydrolysis) is 1. The number of carboxylic acids is 1. The molecule has 0 spiro atoms. The highest BCUT2D eigenvalue weighted by molar-refractivity contribution is 5.81. The SMILES string of the molecule is CC(C)(CCC(=O)O)NC(=O)CC1(NC(=O)OCC2c3ccccc3-c3ccccc32)CC1. The van der Waals surface area contributed by atoms with Crippen molar-refractivity contribution < 1.29 is 24.2 Å². The molecule has 0 heterocycles. The quantitative estimate of drug-likeness (QED) is 0.531. The molecule has 0 aromatic heterocycles. The Morgan fingerprint density at radius 3 is 2.15 bits per heavy atom. The summed E-state index contributed by atoms with van der Waals surface area (Å²) in [6.07, 6.45) is 1.36. The van der Waals surface area contributed by atoms with E-state index in [2.05, 4.69) is 34.9 Å². The lowest BCUT2D eigenvalue weighted by Gasteiger charge is -2.27. The van der Waals surface area contributed by atoms with E-state index in [0.717, 1.165) is 11.1 Å². The van der Waals surface area contributed by atoms with Crippen LogP contribution >= 0.6 is 0 Å². The first-order valence-corrected chi connectivity index (χ1v) is 11.3. The molecule has 3 N–H and O–H groups in total. The molecule has 2 amide bonds. The highest BCUT2D eigenvalue weighted by Crippen LogP contribution is 2.44. The Kier molecular flexibility index (Phi) is 6.15. The number of carbonyl (C=O) groups is 3. The fourth-order valence-electron chi connectivity index (χ4n) is 4.56. The van der Waals surface area contributed by atoms with Crippen molar-refractivity contribution in [2.24, 2.45) is 0 Å². The third kappa shape index (κ3) is 5.35. The second-order valence-electron chi connectivity index (χ2n) is 9.73. The van der Waals surface area contributed by atoms with Crippen LogP contribution < -0.4 is 10.6 Å². The molecule has 2 aromatic carbocycles. The van der Waals surface area contributed by atoms with Crippen LogP contribution in [0.1, 0.15) is 63.0 Å². The molecule has 7 nitrogen and oxygen atoms in total. The molecule has 0 radical (unpaired) electrons. The van der Waals surface area contributed by atoms with Gasteiger partial charge < -0.3 is 20.5 Å². The summed E-state index contributed by atoms with van der Waals surface area (Å²) in [5, 5.41) is 14.6. The zero-order chi connectivity index (χ0) is 23.6. The number of fused-ring (bicyclic) bond motifs is 3. The number of ether oxygens (including phenoxy) is 1. The molecule has 0 unspecified atom stereocenters. The molecule has 0 bridgehead atoms. The van der Waals surface area contributed by atoms with Crippen LogP contribution in [0.25, 0.3) is 11.1 Å². The highest BCUT2D eigenvalue weighted by Gasteiger charge is 2.46. The Hall–Kier alpha value is -3.35. The third-order valence-corrected chi connectivity index (χ3v) is 6.51. The minimum absolute atomic E-state index is 0.0170. The van der Waals surface area contributed by atoms with Crippen molar-refractivity contribution >= 4 is 18.0 Å². The first kappa shape index (κ1) is 22.8. The molecule has 0 saturated heterocycles. The highest BCUT2D eigenvalue weighted by atomic mass is 16.5. The number of rotatable bonds is 9. The van der Waals surface area contributed by atoms with E-state index in [-0.39, 0.29) is 31.3 Å². The Balaban J connectivity index is 1.31. The van der Waals surface area contributed by atoms with Gasteiger partial charge in [-0.2, -0.15) is 0 Å². The van der Waals surface area contributed by atoms with Crippen molar-refractivity contribution in [3.8, 4) is 11.1 Å². The fraction of sp³-hybridized carbons (Fsp3) is 0.423. The van der Waals surface area contributed by atoms with Crippen molar-refractivity contribution in [3.63, 3.8) is 0 Å². The topological polar surface area (TPSA) is 105 Å². The first-order valence-electron chi connectivity index (χ1n) is 11.3. The molecule has 1 fully saturated rings. The maximum absolute atomic E-state index is 12.6. The van der Waals surface area contributed by atoms with Crippen LogP contribution in [0.5, 0.6) is 0 Å². The van der Waals surface area contributed by atoms with Gasteiger partial charge in [-0.05, 0) is 55.4 Å². The largest absolute Gasteiger partial charge is 0.481 e. The summed E-state index contributed by atoms with van der Waals surface area (Å²) in [4.78, 5) is 35.9. The van der Waals surface area contributed by atoms with E-state index in [1.165, 1.54) is 11.1 Å². The number of carbonyl (C=O) groups excluding carboxylic acids is 2. The summed E-state index contributed by atoms with van der Waals surface area (Å²) in [5.74, 6) is -1.12.